The molecule has 168 valence electrons. The first-order valence-corrected chi connectivity index (χ1v) is 11.1. The smallest absolute Gasteiger partial charge is 0.378 e. The van der Waals surface area contributed by atoms with Crippen LogP contribution in [0.1, 0.15) is 35.6 Å². The zero-order valence-electron chi connectivity index (χ0n) is 16.8. The van der Waals surface area contributed by atoms with Crippen LogP contribution in [-0.2, 0) is 21.0 Å². The molecule has 0 saturated carbocycles. The Hall–Kier alpha value is -2.43. The second kappa shape index (κ2) is 8.97. The number of carbonyl (C=O) groups excluding carboxylic acids is 1. The quantitative estimate of drug-likeness (QED) is 0.724. The fraction of sp³-hybridized carbons (Fsp3) is 0.381. The summed E-state index contributed by atoms with van der Waals surface area (Å²) in [7, 11) is -3.63. The zero-order valence-corrected chi connectivity index (χ0v) is 17.6. The molecule has 1 heterocycles. The highest BCUT2D eigenvalue weighted by Gasteiger charge is 2.32. The predicted octanol–water partition coefficient (Wildman–Crippen LogP) is 3.02. The summed E-state index contributed by atoms with van der Waals surface area (Å²) in [5.41, 5.74) is 0.128. The highest BCUT2D eigenvalue weighted by Crippen LogP contribution is 2.30. The predicted molar refractivity (Wildman–Crippen MR) is 108 cm³/mol. The van der Waals surface area contributed by atoms with Gasteiger partial charge in [0, 0.05) is 19.1 Å². The molecule has 0 aromatic heterocycles. The zero-order chi connectivity index (χ0) is 22.8. The standard InChI is InChI=1S/C21H23F3N2O4S/c1-14-2-8-18(9-3-14)31(29,30)26-12-10-17(11-13-26)25-20(28)19(27)15-4-6-16(7-5-15)21(22,23)24/h2-9,17,19,27H,10-13H2,1H3,(H,25,28). The maximum Gasteiger partial charge on any atom is 0.416 e. The van der Waals surface area contributed by atoms with E-state index >= 15 is 0 Å². The van der Waals surface area contributed by atoms with Gasteiger partial charge >= 0.3 is 6.18 Å². The molecule has 1 unspecified atom stereocenters. The maximum atomic E-state index is 12.7. The van der Waals surface area contributed by atoms with Crippen molar-refractivity contribution in [3.8, 4) is 0 Å². The molecular formula is C21H23F3N2O4S. The van der Waals surface area contributed by atoms with Gasteiger partial charge in [-0.1, -0.05) is 29.8 Å². The first-order valence-electron chi connectivity index (χ1n) is 9.71. The van der Waals surface area contributed by atoms with E-state index < -0.39 is 33.8 Å². The van der Waals surface area contributed by atoms with Crippen LogP contribution in [0, 0.1) is 6.92 Å². The van der Waals surface area contributed by atoms with Crippen molar-refractivity contribution in [2.24, 2.45) is 0 Å². The number of alkyl halides is 3. The van der Waals surface area contributed by atoms with Gasteiger partial charge in [0.05, 0.1) is 10.5 Å². The number of amides is 1. The molecule has 2 N–H and O–H groups in total. The Bertz CT molecular complexity index is 1010. The summed E-state index contributed by atoms with van der Waals surface area (Å²) >= 11 is 0. The van der Waals surface area contributed by atoms with Gasteiger partial charge in [-0.25, -0.2) is 8.42 Å². The Balaban J connectivity index is 1.56. The Kier molecular flexibility index (Phi) is 6.73. The van der Waals surface area contributed by atoms with E-state index in [2.05, 4.69) is 5.32 Å². The first-order chi connectivity index (χ1) is 14.5. The van der Waals surface area contributed by atoms with Crippen molar-refractivity contribution >= 4 is 15.9 Å². The molecule has 2 aromatic rings. The lowest BCUT2D eigenvalue weighted by atomic mass is 10.0. The Morgan fingerprint density at radius 1 is 1.06 bits per heavy atom. The molecule has 2 aromatic carbocycles. The number of aryl methyl sites for hydroxylation is 1. The van der Waals surface area contributed by atoms with Crippen LogP contribution in [0.25, 0.3) is 0 Å². The molecule has 0 spiro atoms. The molecule has 3 rings (SSSR count). The highest BCUT2D eigenvalue weighted by atomic mass is 32.2. The van der Waals surface area contributed by atoms with Crippen molar-refractivity contribution in [1.29, 1.82) is 0 Å². The van der Waals surface area contributed by atoms with E-state index in [1.54, 1.807) is 24.3 Å². The fourth-order valence-electron chi connectivity index (χ4n) is 3.39. The Labute approximate surface area is 178 Å². The molecule has 31 heavy (non-hydrogen) atoms. The minimum atomic E-state index is -4.50. The van der Waals surface area contributed by atoms with Gasteiger partial charge in [-0.15, -0.1) is 0 Å². The van der Waals surface area contributed by atoms with Crippen LogP contribution in [0.2, 0.25) is 0 Å². The molecule has 10 heteroatoms. The molecule has 0 bridgehead atoms. The van der Waals surface area contributed by atoms with Crippen LogP contribution in [0.15, 0.2) is 53.4 Å². The number of benzene rings is 2. The average Bonchev–Trinajstić information content (AvgIpc) is 2.73. The van der Waals surface area contributed by atoms with Crippen LogP contribution in [0.4, 0.5) is 13.2 Å². The van der Waals surface area contributed by atoms with Crippen molar-refractivity contribution in [1.82, 2.24) is 9.62 Å². The summed E-state index contributed by atoms with van der Waals surface area (Å²) in [6.45, 7) is 2.28. The third-order valence-corrected chi connectivity index (χ3v) is 7.17. The van der Waals surface area contributed by atoms with E-state index in [1.807, 2.05) is 6.92 Å². The lowest BCUT2D eigenvalue weighted by Crippen LogP contribution is -2.47. The molecule has 0 radical (unpaired) electrons. The van der Waals surface area contributed by atoms with Gasteiger partial charge < -0.3 is 10.4 Å². The molecule has 1 aliphatic rings. The highest BCUT2D eigenvalue weighted by molar-refractivity contribution is 7.89. The normalized spacial score (nSPS) is 17.3. The number of rotatable bonds is 5. The molecule has 6 nitrogen and oxygen atoms in total. The van der Waals surface area contributed by atoms with E-state index in [0.717, 1.165) is 29.8 Å². The van der Waals surface area contributed by atoms with Crippen molar-refractivity contribution in [2.45, 2.75) is 43.0 Å². The summed E-state index contributed by atoms with van der Waals surface area (Å²) in [6.07, 6.45) is -5.40. The third kappa shape index (κ3) is 5.44. The van der Waals surface area contributed by atoms with E-state index in [0.29, 0.717) is 12.8 Å². The largest absolute Gasteiger partial charge is 0.416 e. The minimum Gasteiger partial charge on any atom is -0.378 e. The molecular weight excluding hydrogens is 433 g/mol. The van der Waals surface area contributed by atoms with Gasteiger partial charge in [-0.05, 0) is 49.6 Å². The van der Waals surface area contributed by atoms with E-state index in [-0.39, 0.29) is 29.6 Å². The van der Waals surface area contributed by atoms with Gasteiger partial charge in [0.1, 0.15) is 0 Å². The number of nitrogens with zero attached hydrogens (tertiary/aromatic N) is 1. The second-order valence-electron chi connectivity index (χ2n) is 7.52. The SMILES string of the molecule is Cc1ccc(S(=O)(=O)N2CCC(NC(=O)C(O)c3ccc(C(F)(F)F)cc3)CC2)cc1. The summed E-state index contributed by atoms with van der Waals surface area (Å²) in [6, 6.07) is 9.94. The number of aliphatic hydroxyl groups excluding tert-OH is 1. The fourth-order valence-corrected chi connectivity index (χ4v) is 4.86. The summed E-state index contributed by atoms with van der Waals surface area (Å²) < 4.78 is 64.8. The Morgan fingerprint density at radius 3 is 2.13 bits per heavy atom. The number of nitrogens with one attached hydrogen (secondary N) is 1. The van der Waals surface area contributed by atoms with Gasteiger partial charge in [-0.2, -0.15) is 17.5 Å². The lowest BCUT2D eigenvalue weighted by Gasteiger charge is -2.32. The van der Waals surface area contributed by atoms with Gasteiger partial charge in [0.2, 0.25) is 10.0 Å². The van der Waals surface area contributed by atoms with Gasteiger partial charge in [0.15, 0.2) is 6.10 Å². The number of aliphatic hydroxyl groups is 1. The molecule has 1 aliphatic heterocycles. The minimum absolute atomic E-state index is 0.0462. The summed E-state index contributed by atoms with van der Waals surface area (Å²) in [5.74, 6) is -0.736. The van der Waals surface area contributed by atoms with Crippen LogP contribution in [0.3, 0.4) is 0 Å². The van der Waals surface area contributed by atoms with E-state index in [1.165, 1.54) is 4.31 Å². The topological polar surface area (TPSA) is 86.7 Å². The third-order valence-electron chi connectivity index (χ3n) is 5.26. The number of sulfonamides is 1. The number of carbonyl (C=O) groups is 1. The van der Waals surface area contributed by atoms with Crippen molar-refractivity contribution in [3.05, 3.63) is 65.2 Å². The van der Waals surface area contributed by atoms with Crippen molar-refractivity contribution in [2.75, 3.05) is 13.1 Å². The van der Waals surface area contributed by atoms with Crippen molar-refractivity contribution < 1.29 is 31.5 Å². The number of hydrogen-bond acceptors (Lipinski definition) is 4. The molecule has 0 aliphatic carbocycles. The molecule has 1 amide bonds. The summed E-state index contributed by atoms with van der Waals surface area (Å²) in [5, 5.41) is 12.8. The number of piperidine rings is 1. The number of halogens is 3. The monoisotopic (exact) mass is 456 g/mol. The Morgan fingerprint density at radius 2 is 1.61 bits per heavy atom. The van der Waals surface area contributed by atoms with Crippen LogP contribution in [-0.4, -0.2) is 42.9 Å². The molecule has 1 saturated heterocycles. The molecule has 1 atom stereocenters. The second-order valence-corrected chi connectivity index (χ2v) is 9.46. The van der Waals surface area contributed by atoms with Crippen molar-refractivity contribution in [3.63, 3.8) is 0 Å². The summed E-state index contributed by atoms with van der Waals surface area (Å²) in [4.78, 5) is 12.5. The van der Waals surface area contributed by atoms with Gasteiger partial charge in [-0.3, -0.25) is 4.79 Å². The van der Waals surface area contributed by atoms with E-state index in [4.69, 9.17) is 0 Å². The van der Waals surface area contributed by atoms with Crippen LogP contribution >= 0.6 is 0 Å². The molecule has 1 fully saturated rings. The van der Waals surface area contributed by atoms with E-state index in [9.17, 15) is 31.5 Å². The maximum absolute atomic E-state index is 12.7. The first kappa shape index (κ1) is 23.2. The van der Waals surface area contributed by atoms with Crippen LogP contribution in [0.5, 0.6) is 0 Å². The van der Waals surface area contributed by atoms with Gasteiger partial charge in [0.25, 0.3) is 5.91 Å². The average molecular weight is 456 g/mol. The lowest BCUT2D eigenvalue weighted by molar-refractivity contribution is -0.137. The number of hydrogen-bond donors (Lipinski definition) is 2. The van der Waals surface area contributed by atoms with Crippen LogP contribution < -0.4 is 5.32 Å².